The summed E-state index contributed by atoms with van der Waals surface area (Å²) in [6.07, 6.45) is 6.52. The molecule has 2 saturated heterocycles. The lowest BCUT2D eigenvalue weighted by atomic mass is 9.74. The lowest BCUT2D eigenvalue weighted by molar-refractivity contribution is -0.160. The monoisotopic (exact) mass is 623 g/mol. The number of amides is 3. The van der Waals surface area contributed by atoms with Crippen molar-refractivity contribution < 1.29 is 33.8 Å². The standard InChI is InChI=1S/C29H42BrN3O7/c1-6-10-17(4)32-12-9-7-8-11-21(35)31-14-18(5)39-28(38)22-23-26(36)33(20(15-34)16(2)3)25(27(32)37)29(23)13-19(30)24(22)40-29/h7,9,13,16-18,20,22-25,34H,6,8,10-12,14-15H2,1-5H3,(H,31,35)/b9-7-/t17?,18-,20+,22+,23-,24+,25+,29-/m1/s1. The Bertz CT molecular complexity index is 1080. The Morgan fingerprint density at radius 3 is 2.55 bits per heavy atom. The number of aliphatic hydroxyl groups excluding tert-OH is 1. The van der Waals surface area contributed by atoms with Crippen LogP contribution in [0, 0.1) is 17.8 Å². The maximum atomic E-state index is 14.6. The summed E-state index contributed by atoms with van der Waals surface area (Å²) in [5, 5.41) is 13.2. The molecule has 222 valence electrons. The minimum atomic E-state index is -1.39. The third-order valence-corrected chi connectivity index (χ3v) is 9.30. The van der Waals surface area contributed by atoms with E-state index in [4.69, 9.17) is 9.47 Å². The van der Waals surface area contributed by atoms with Gasteiger partial charge in [-0.15, -0.1) is 0 Å². The van der Waals surface area contributed by atoms with Crippen LogP contribution in [0.3, 0.4) is 0 Å². The van der Waals surface area contributed by atoms with Gasteiger partial charge in [0.15, 0.2) is 0 Å². The Kier molecular flexibility index (Phi) is 9.46. The number of carbonyl (C=O) groups excluding carboxylic acids is 4. The summed E-state index contributed by atoms with van der Waals surface area (Å²) in [5.74, 6) is -3.58. The normalized spacial score (nSPS) is 35.4. The number of nitrogens with one attached hydrogen (secondary N) is 1. The van der Waals surface area contributed by atoms with Crippen molar-refractivity contribution in [2.75, 3.05) is 19.7 Å². The Labute approximate surface area is 244 Å². The van der Waals surface area contributed by atoms with Crippen molar-refractivity contribution in [1.29, 1.82) is 0 Å². The number of nitrogens with zero attached hydrogens (tertiary/aromatic N) is 2. The molecule has 3 amide bonds. The molecule has 0 aliphatic carbocycles. The van der Waals surface area contributed by atoms with E-state index in [0.717, 1.165) is 12.8 Å². The Morgan fingerprint density at radius 1 is 1.18 bits per heavy atom. The number of halogens is 1. The van der Waals surface area contributed by atoms with E-state index in [0.29, 0.717) is 17.4 Å². The SMILES string of the molecule is CCCC(C)N1C/C=C\CCC(=O)NC[C@@H](C)OC(=O)[C@@H]2[C@H]3O[C@@]4(C=C3Br)[C@H](C1=O)N([C@@H](CO)C(C)C)C(=O)[C@@H]24. The molecule has 0 saturated carbocycles. The van der Waals surface area contributed by atoms with Gasteiger partial charge in [-0.1, -0.05) is 55.3 Å². The topological polar surface area (TPSA) is 125 Å². The van der Waals surface area contributed by atoms with E-state index in [1.54, 1.807) is 17.9 Å². The first-order valence-corrected chi connectivity index (χ1v) is 15.2. The summed E-state index contributed by atoms with van der Waals surface area (Å²) in [5.41, 5.74) is -1.39. The Morgan fingerprint density at radius 2 is 1.90 bits per heavy atom. The number of allylic oxidation sites excluding steroid dienone is 1. The molecule has 8 atom stereocenters. The highest BCUT2D eigenvalue weighted by molar-refractivity contribution is 9.11. The van der Waals surface area contributed by atoms with Crippen molar-refractivity contribution in [1.82, 2.24) is 15.1 Å². The maximum absolute atomic E-state index is 14.6. The molecular weight excluding hydrogens is 582 g/mol. The summed E-state index contributed by atoms with van der Waals surface area (Å²) in [6.45, 7) is 9.61. The minimum Gasteiger partial charge on any atom is -0.460 e. The number of likely N-dealkylation sites (tertiary alicyclic amines) is 1. The molecule has 4 aliphatic rings. The van der Waals surface area contributed by atoms with Gasteiger partial charge in [-0.3, -0.25) is 19.2 Å². The van der Waals surface area contributed by atoms with Crippen LogP contribution in [0.5, 0.6) is 0 Å². The lowest BCUT2D eigenvalue weighted by Crippen LogP contribution is -2.60. The maximum Gasteiger partial charge on any atom is 0.313 e. The fourth-order valence-corrected chi connectivity index (χ4v) is 7.32. The summed E-state index contributed by atoms with van der Waals surface area (Å²) in [7, 11) is 0. The second-order valence-corrected chi connectivity index (χ2v) is 12.7. The molecular formula is C29H42BrN3O7. The quantitative estimate of drug-likeness (QED) is 0.343. The summed E-state index contributed by atoms with van der Waals surface area (Å²) in [4.78, 5) is 58.1. The largest absolute Gasteiger partial charge is 0.460 e. The van der Waals surface area contributed by atoms with E-state index in [9.17, 15) is 24.3 Å². The molecule has 5 bridgehead atoms. The van der Waals surface area contributed by atoms with Crippen molar-refractivity contribution in [3.05, 3.63) is 22.7 Å². The predicted molar refractivity (Wildman–Crippen MR) is 151 cm³/mol. The van der Waals surface area contributed by atoms with Crippen LogP contribution < -0.4 is 5.32 Å². The molecule has 1 unspecified atom stereocenters. The van der Waals surface area contributed by atoms with Crippen LogP contribution >= 0.6 is 15.9 Å². The highest BCUT2D eigenvalue weighted by atomic mass is 79.9. The number of cyclic esters (lactones) is 1. The predicted octanol–water partition coefficient (Wildman–Crippen LogP) is 2.29. The van der Waals surface area contributed by atoms with Crippen LogP contribution in [0.15, 0.2) is 22.7 Å². The van der Waals surface area contributed by atoms with Crippen LogP contribution in [-0.2, 0) is 28.7 Å². The second kappa shape index (κ2) is 12.3. The molecule has 40 heavy (non-hydrogen) atoms. The van der Waals surface area contributed by atoms with Crippen molar-refractivity contribution >= 4 is 39.6 Å². The fourth-order valence-electron chi connectivity index (χ4n) is 6.59. The highest BCUT2D eigenvalue weighted by Crippen LogP contribution is 2.59. The Hall–Kier alpha value is -2.24. The van der Waals surface area contributed by atoms with Crippen LogP contribution in [0.25, 0.3) is 0 Å². The van der Waals surface area contributed by atoms with Crippen LogP contribution in [0.2, 0.25) is 0 Å². The summed E-state index contributed by atoms with van der Waals surface area (Å²) in [6, 6.07) is -1.85. The van der Waals surface area contributed by atoms with Gasteiger partial charge >= 0.3 is 5.97 Å². The van der Waals surface area contributed by atoms with Crippen molar-refractivity contribution in [2.45, 2.75) is 96.2 Å². The van der Waals surface area contributed by atoms with Crippen LogP contribution in [0.1, 0.15) is 60.3 Å². The zero-order valence-corrected chi connectivity index (χ0v) is 25.6. The van der Waals surface area contributed by atoms with Crippen molar-refractivity contribution in [2.24, 2.45) is 17.8 Å². The third kappa shape index (κ3) is 5.36. The average Bonchev–Trinajstić information content (AvgIpc) is 3.48. The molecule has 0 radical (unpaired) electrons. The first-order valence-electron chi connectivity index (χ1n) is 14.4. The molecule has 2 N–H and O–H groups in total. The number of esters is 1. The average molecular weight is 625 g/mol. The number of hydrogen-bond acceptors (Lipinski definition) is 7. The number of carbonyl (C=O) groups is 4. The molecule has 10 nitrogen and oxygen atoms in total. The molecule has 4 aliphatic heterocycles. The van der Waals surface area contributed by atoms with Gasteiger partial charge in [-0.2, -0.15) is 0 Å². The summed E-state index contributed by atoms with van der Waals surface area (Å²) >= 11 is 3.55. The minimum absolute atomic E-state index is 0.140. The van der Waals surface area contributed by atoms with Gasteiger partial charge in [0, 0.05) is 23.5 Å². The first kappa shape index (κ1) is 30.7. The van der Waals surface area contributed by atoms with Gasteiger partial charge in [-0.05, 0) is 38.7 Å². The molecule has 1 spiro atoms. The molecule has 0 aromatic rings. The van der Waals surface area contributed by atoms with E-state index in [1.807, 2.05) is 32.9 Å². The van der Waals surface area contributed by atoms with Gasteiger partial charge in [0.2, 0.25) is 17.7 Å². The molecule has 4 rings (SSSR count). The lowest BCUT2D eigenvalue weighted by Gasteiger charge is -2.41. The smallest absolute Gasteiger partial charge is 0.313 e. The zero-order chi connectivity index (χ0) is 29.4. The van der Waals surface area contributed by atoms with E-state index in [2.05, 4.69) is 28.2 Å². The molecule has 11 heteroatoms. The van der Waals surface area contributed by atoms with Gasteiger partial charge in [-0.25, -0.2) is 0 Å². The second-order valence-electron chi connectivity index (χ2n) is 11.8. The number of hydrogen-bond donors (Lipinski definition) is 2. The number of fused-ring (bicyclic) bond motifs is 2. The van der Waals surface area contributed by atoms with E-state index >= 15 is 0 Å². The van der Waals surface area contributed by atoms with Crippen molar-refractivity contribution in [3.63, 3.8) is 0 Å². The number of aliphatic hydroxyl groups is 1. The third-order valence-electron chi connectivity index (χ3n) is 8.62. The van der Waals surface area contributed by atoms with Crippen LogP contribution in [-0.4, -0.2) is 94.2 Å². The first-order chi connectivity index (χ1) is 19.0. The summed E-state index contributed by atoms with van der Waals surface area (Å²) < 4.78 is 12.8. The number of ether oxygens (including phenoxy) is 2. The van der Waals surface area contributed by atoms with E-state index in [1.165, 1.54) is 4.90 Å². The molecule has 4 heterocycles. The van der Waals surface area contributed by atoms with E-state index < -0.39 is 53.6 Å². The molecule has 2 fully saturated rings. The van der Waals surface area contributed by atoms with Gasteiger partial charge in [0.05, 0.1) is 25.1 Å². The molecule has 0 aromatic heterocycles. The Balaban J connectivity index is 1.85. The number of rotatable bonds is 6. The van der Waals surface area contributed by atoms with E-state index in [-0.39, 0.29) is 43.3 Å². The molecule has 0 aromatic carbocycles. The van der Waals surface area contributed by atoms with Crippen molar-refractivity contribution in [3.8, 4) is 0 Å². The zero-order valence-electron chi connectivity index (χ0n) is 24.0. The van der Waals surface area contributed by atoms with Crippen LogP contribution in [0.4, 0.5) is 0 Å². The highest BCUT2D eigenvalue weighted by Gasteiger charge is 2.75. The van der Waals surface area contributed by atoms with Gasteiger partial charge in [0.25, 0.3) is 0 Å². The fraction of sp³-hybridized carbons (Fsp3) is 0.724. The van der Waals surface area contributed by atoms with Gasteiger partial charge in [0.1, 0.15) is 29.8 Å². The van der Waals surface area contributed by atoms with Gasteiger partial charge < -0.3 is 29.7 Å².